The van der Waals surface area contributed by atoms with E-state index in [-0.39, 0.29) is 5.91 Å². The van der Waals surface area contributed by atoms with Crippen molar-refractivity contribution in [3.63, 3.8) is 0 Å². The van der Waals surface area contributed by atoms with E-state index in [9.17, 15) is 9.59 Å². The van der Waals surface area contributed by atoms with E-state index in [2.05, 4.69) is 21.2 Å². The SMILES string of the molecule is NC(=O)c1ccc(NC(=O)CCCOc2cccc(Br)c2)cc1. The fourth-order valence-corrected chi connectivity index (χ4v) is 2.30. The van der Waals surface area contributed by atoms with Gasteiger partial charge in [-0.25, -0.2) is 0 Å². The van der Waals surface area contributed by atoms with Gasteiger partial charge in [0.2, 0.25) is 11.8 Å². The standard InChI is InChI=1S/C17H17BrN2O3/c18-13-3-1-4-15(11-13)23-10-2-5-16(21)20-14-8-6-12(7-9-14)17(19)22/h1,3-4,6-9,11H,2,5,10H2,(H2,19,22)(H,20,21). The number of anilines is 1. The first-order valence-corrected chi connectivity index (χ1v) is 7.92. The second kappa shape index (κ2) is 8.33. The van der Waals surface area contributed by atoms with Crippen LogP contribution >= 0.6 is 15.9 Å². The maximum absolute atomic E-state index is 11.8. The lowest BCUT2D eigenvalue weighted by Gasteiger charge is -2.07. The van der Waals surface area contributed by atoms with Crippen molar-refractivity contribution >= 4 is 33.4 Å². The van der Waals surface area contributed by atoms with Gasteiger partial charge in [-0.15, -0.1) is 0 Å². The average molecular weight is 377 g/mol. The minimum atomic E-state index is -0.493. The Morgan fingerprint density at radius 2 is 1.87 bits per heavy atom. The third-order valence-corrected chi connectivity index (χ3v) is 3.56. The van der Waals surface area contributed by atoms with Crippen molar-refractivity contribution in [1.82, 2.24) is 0 Å². The van der Waals surface area contributed by atoms with Crippen LogP contribution in [0.15, 0.2) is 53.0 Å². The van der Waals surface area contributed by atoms with E-state index in [0.29, 0.717) is 30.7 Å². The summed E-state index contributed by atoms with van der Waals surface area (Å²) in [5.74, 6) is 0.170. The van der Waals surface area contributed by atoms with Crippen molar-refractivity contribution in [3.05, 3.63) is 58.6 Å². The monoisotopic (exact) mass is 376 g/mol. The summed E-state index contributed by atoms with van der Waals surface area (Å²) in [6.07, 6.45) is 0.962. The Morgan fingerprint density at radius 1 is 1.13 bits per heavy atom. The van der Waals surface area contributed by atoms with Crippen LogP contribution in [-0.2, 0) is 4.79 Å². The van der Waals surface area contributed by atoms with Crippen LogP contribution < -0.4 is 15.8 Å². The zero-order valence-corrected chi connectivity index (χ0v) is 14.0. The van der Waals surface area contributed by atoms with Crippen LogP contribution in [0.25, 0.3) is 0 Å². The van der Waals surface area contributed by atoms with Gasteiger partial charge in [0, 0.05) is 22.1 Å². The summed E-state index contributed by atoms with van der Waals surface area (Å²) in [5, 5.41) is 2.76. The van der Waals surface area contributed by atoms with Gasteiger partial charge in [0.15, 0.2) is 0 Å². The summed E-state index contributed by atoms with van der Waals surface area (Å²) in [4.78, 5) is 22.8. The second-order valence-corrected chi connectivity index (χ2v) is 5.81. The second-order valence-electron chi connectivity index (χ2n) is 4.90. The van der Waals surface area contributed by atoms with Crippen LogP contribution in [0.2, 0.25) is 0 Å². The number of carbonyl (C=O) groups is 2. The largest absolute Gasteiger partial charge is 0.494 e. The van der Waals surface area contributed by atoms with Gasteiger partial charge in [-0.05, 0) is 48.9 Å². The Hall–Kier alpha value is -2.34. The Kier molecular flexibility index (Phi) is 6.17. The highest BCUT2D eigenvalue weighted by Crippen LogP contribution is 2.18. The minimum absolute atomic E-state index is 0.102. The molecule has 0 radical (unpaired) electrons. The molecule has 0 aromatic heterocycles. The van der Waals surface area contributed by atoms with E-state index >= 15 is 0 Å². The summed E-state index contributed by atoms with van der Waals surface area (Å²) < 4.78 is 6.52. The van der Waals surface area contributed by atoms with Crippen LogP contribution in [0, 0.1) is 0 Å². The van der Waals surface area contributed by atoms with Crippen molar-refractivity contribution in [1.29, 1.82) is 0 Å². The Bertz CT molecular complexity index is 686. The molecule has 5 nitrogen and oxygen atoms in total. The molecule has 0 heterocycles. The lowest BCUT2D eigenvalue weighted by atomic mass is 10.2. The molecule has 0 aliphatic heterocycles. The Labute approximate surface area is 143 Å². The lowest BCUT2D eigenvalue weighted by Crippen LogP contribution is -2.14. The molecule has 0 spiro atoms. The molecule has 2 aromatic carbocycles. The first-order chi connectivity index (χ1) is 11.0. The van der Waals surface area contributed by atoms with Crippen LogP contribution in [0.4, 0.5) is 5.69 Å². The molecule has 2 amide bonds. The number of primary amides is 1. The molecule has 120 valence electrons. The predicted octanol–water partition coefficient (Wildman–Crippen LogP) is 3.35. The number of halogens is 1. The summed E-state index contributed by atoms with van der Waals surface area (Å²) in [6, 6.07) is 14.0. The fraction of sp³-hybridized carbons (Fsp3) is 0.176. The number of hydrogen-bond donors (Lipinski definition) is 2. The van der Waals surface area contributed by atoms with Crippen LogP contribution in [0.5, 0.6) is 5.75 Å². The molecule has 0 saturated heterocycles. The predicted molar refractivity (Wildman–Crippen MR) is 92.5 cm³/mol. The third-order valence-electron chi connectivity index (χ3n) is 3.07. The van der Waals surface area contributed by atoms with Gasteiger partial charge in [0.25, 0.3) is 0 Å². The molecule has 0 unspecified atom stereocenters. The van der Waals surface area contributed by atoms with E-state index in [0.717, 1.165) is 10.2 Å². The van der Waals surface area contributed by atoms with Gasteiger partial charge >= 0.3 is 0 Å². The summed E-state index contributed by atoms with van der Waals surface area (Å²) in [6.45, 7) is 0.463. The summed E-state index contributed by atoms with van der Waals surface area (Å²) >= 11 is 3.37. The first kappa shape index (κ1) is 17.0. The van der Waals surface area contributed by atoms with Gasteiger partial charge < -0.3 is 15.8 Å². The van der Waals surface area contributed by atoms with E-state index in [1.54, 1.807) is 24.3 Å². The smallest absolute Gasteiger partial charge is 0.248 e. The van der Waals surface area contributed by atoms with Crippen molar-refractivity contribution in [2.24, 2.45) is 5.73 Å². The summed E-state index contributed by atoms with van der Waals surface area (Å²) in [5.41, 5.74) is 6.20. The number of ether oxygens (including phenoxy) is 1. The van der Waals surface area contributed by atoms with Crippen LogP contribution in [-0.4, -0.2) is 18.4 Å². The van der Waals surface area contributed by atoms with Gasteiger partial charge in [0.05, 0.1) is 6.61 Å². The Morgan fingerprint density at radius 3 is 2.52 bits per heavy atom. The van der Waals surface area contributed by atoms with Gasteiger partial charge in [-0.1, -0.05) is 22.0 Å². The minimum Gasteiger partial charge on any atom is -0.494 e. The highest BCUT2D eigenvalue weighted by molar-refractivity contribution is 9.10. The molecule has 0 fully saturated rings. The first-order valence-electron chi connectivity index (χ1n) is 7.12. The highest BCUT2D eigenvalue weighted by Gasteiger charge is 2.04. The van der Waals surface area contributed by atoms with Gasteiger partial charge in [0.1, 0.15) is 5.75 Å². The van der Waals surface area contributed by atoms with E-state index in [1.165, 1.54) is 0 Å². The van der Waals surface area contributed by atoms with E-state index < -0.39 is 5.91 Å². The van der Waals surface area contributed by atoms with Crippen molar-refractivity contribution in [3.8, 4) is 5.75 Å². The van der Waals surface area contributed by atoms with Crippen molar-refractivity contribution in [2.45, 2.75) is 12.8 Å². The van der Waals surface area contributed by atoms with E-state index in [4.69, 9.17) is 10.5 Å². The molecule has 0 saturated carbocycles. The molecule has 23 heavy (non-hydrogen) atoms. The molecule has 2 aromatic rings. The quantitative estimate of drug-likeness (QED) is 0.726. The van der Waals surface area contributed by atoms with Crippen molar-refractivity contribution in [2.75, 3.05) is 11.9 Å². The van der Waals surface area contributed by atoms with Crippen molar-refractivity contribution < 1.29 is 14.3 Å². The maximum atomic E-state index is 11.8. The molecule has 3 N–H and O–H groups in total. The number of nitrogens with two attached hydrogens (primary N) is 1. The molecule has 6 heteroatoms. The maximum Gasteiger partial charge on any atom is 0.248 e. The molecule has 0 atom stereocenters. The molecular formula is C17H17BrN2O3. The number of nitrogens with one attached hydrogen (secondary N) is 1. The summed E-state index contributed by atoms with van der Waals surface area (Å²) in [7, 11) is 0. The van der Waals surface area contributed by atoms with Gasteiger partial charge in [-0.2, -0.15) is 0 Å². The van der Waals surface area contributed by atoms with Crippen LogP contribution in [0.3, 0.4) is 0 Å². The molecule has 0 bridgehead atoms. The highest BCUT2D eigenvalue weighted by atomic mass is 79.9. The molecular weight excluding hydrogens is 360 g/mol. The topological polar surface area (TPSA) is 81.4 Å². The normalized spacial score (nSPS) is 10.1. The number of rotatable bonds is 7. The number of hydrogen-bond acceptors (Lipinski definition) is 3. The zero-order valence-electron chi connectivity index (χ0n) is 12.4. The zero-order chi connectivity index (χ0) is 16.7. The van der Waals surface area contributed by atoms with E-state index in [1.807, 2.05) is 24.3 Å². The average Bonchev–Trinajstić information content (AvgIpc) is 2.52. The number of benzene rings is 2. The fourth-order valence-electron chi connectivity index (χ4n) is 1.92. The van der Waals surface area contributed by atoms with Gasteiger partial charge in [-0.3, -0.25) is 9.59 Å². The molecule has 0 aliphatic carbocycles. The van der Waals surface area contributed by atoms with Crippen LogP contribution in [0.1, 0.15) is 23.2 Å². The lowest BCUT2D eigenvalue weighted by molar-refractivity contribution is -0.116. The number of amides is 2. The Balaban J connectivity index is 1.71. The molecule has 2 rings (SSSR count). The number of carbonyl (C=O) groups excluding carboxylic acids is 2. The third kappa shape index (κ3) is 5.75. The molecule has 0 aliphatic rings.